The Morgan fingerprint density at radius 1 is 0.409 bits per heavy atom. The normalized spacial score (nSPS) is 10.5. The summed E-state index contributed by atoms with van der Waals surface area (Å²) in [4.78, 5) is 0. The first-order valence-corrected chi connectivity index (χ1v) is 9.28. The zero-order chi connectivity index (χ0) is 15.5. The van der Waals surface area contributed by atoms with E-state index in [-0.39, 0.29) is 6.71 Å². The van der Waals surface area contributed by atoms with Gasteiger partial charge in [-0.15, -0.1) is 0 Å². The minimum atomic E-state index is 0.231. The number of hydrogen-bond acceptors (Lipinski definition) is 0. The molecule has 108 valence electrons. The first-order valence-electron chi connectivity index (χ1n) is 6.90. The van der Waals surface area contributed by atoms with Crippen molar-refractivity contribution in [2.24, 2.45) is 0 Å². The van der Waals surface area contributed by atoms with Crippen molar-refractivity contribution >= 4 is 70.9 Å². The molecule has 0 radical (unpaired) electrons. The van der Waals surface area contributed by atoms with Crippen molar-refractivity contribution in [3.8, 4) is 0 Å². The van der Waals surface area contributed by atoms with Gasteiger partial charge in [-0.3, -0.25) is 0 Å². The minimum absolute atomic E-state index is 0.231. The van der Waals surface area contributed by atoms with Crippen LogP contribution in [0.4, 0.5) is 0 Å². The van der Waals surface area contributed by atoms with Crippen LogP contribution in [-0.4, -0.2) is 6.71 Å². The van der Waals surface area contributed by atoms with Crippen molar-refractivity contribution < 1.29 is 0 Å². The van der Waals surface area contributed by atoms with E-state index in [0.717, 1.165) is 13.4 Å². The van der Waals surface area contributed by atoms with Gasteiger partial charge in [0.15, 0.2) is 0 Å². The van der Waals surface area contributed by atoms with E-state index in [9.17, 15) is 0 Å². The Labute approximate surface area is 156 Å². The third-order valence-electron chi connectivity index (χ3n) is 3.61. The summed E-state index contributed by atoms with van der Waals surface area (Å²) in [5.41, 5.74) is 3.86. The van der Waals surface area contributed by atoms with E-state index < -0.39 is 0 Å². The van der Waals surface area contributed by atoms with Crippen molar-refractivity contribution in [3.63, 3.8) is 0 Å². The highest BCUT2D eigenvalue weighted by Gasteiger charge is 2.21. The van der Waals surface area contributed by atoms with Crippen LogP contribution in [0, 0.1) is 0 Å². The van der Waals surface area contributed by atoms with Gasteiger partial charge < -0.3 is 0 Å². The third-order valence-corrected chi connectivity index (χ3v) is 5.20. The average Bonchev–Trinajstić information content (AvgIpc) is 2.53. The summed E-state index contributed by atoms with van der Waals surface area (Å²) in [5, 5.41) is 0. The van der Waals surface area contributed by atoms with Gasteiger partial charge in [-0.05, 0) is 36.4 Å². The van der Waals surface area contributed by atoms with Gasteiger partial charge in [0.1, 0.15) is 0 Å². The second-order valence-corrected chi connectivity index (χ2v) is 7.83. The summed E-state index contributed by atoms with van der Waals surface area (Å²) in [6.45, 7) is 0.231. The fraction of sp³-hybridized carbons (Fsp3) is 0. The van der Waals surface area contributed by atoms with Crippen molar-refractivity contribution in [1.29, 1.82) is 0 Å². The molecule has 4 heteroatoms. The molecule has 0 aliphatic carbocycles. The molecule has 22 heavy (non-hydrogen) atoms. The molecule has 0 spiro atoms. The Morgan fingerprint density at radius 2 is 0.636 bits per heavy atom. The van der Waals surface area contributed by atoms with Gasteiger partial charge in [0.25, 0.3) is 0 Å². The largest absolute Gasteiger partial charge is 0.241 e. The highest BCUT2D eigenvalue weighted by atomic mass is 79.9. The van der Waals surface area contributed by atoms with Crippen LogP contribution in [-0.2, 0) is 0 Å². The molecule has 3 aromatic rings. The predicted molar refractivity (Wildman–Crippen MR) is 107 cm³/mol. The number of rotatable bonds is 3. The molecule has 0 saturated carbocycles. The zero-order valence-electron chi connectivity index (χ0n) is 11.6. The maximum absolute atomic E-state index is 3.51. The molecule has 0 fully saturated rings. The molecule has 0 bridgehead atoms. The molecule has 0 amide bonds. The predicted octanol–water partition coefficient (Wildman–Crippen LogP) is 4.49. The van der Waals surface area contributed by atoms with Gasteiger partial charge in [0.2, 0.25) is 6.71 Å². The standard InChI is InChI=1S/C18H12BBr3/c20-16-7-1-13(2-8-16)19(14-3-9-17(21)10-4-14)15-5-11-18(22)12-6-15/h1-12H. The number of hydrogen-bond donors (Lipinski definition) is 0. The van der Waals surface area contributed by atoms with Gasteiger partial charge in [0.05, 0.1) is 0 Å². The van der Waals surface area contributed by atoms with E-state index in [0.29, 0.717) is 0 Å². The summed E-state index contributed by atoms with van der Waals surface area (Å²) < 4.78 is 3.30. The Morgan fingerprint density at radius 3 is 0.864 bits per heavy atom. The van der Waals surface area contributed by atoms with Crippen LogP contribution in [0.15, 0.2) is 86.2 Å². The molecule has 0 nitrogen and oxygen atoms in total. The second-order valence-electron chi connectivity index (χ2n) is 5.09. The third kappa shape index (κ3) is 3.73. The van der Waals surface area contributed by atoms with Crippen LogP contribution in [0.2, 0.25) is 0 Å². The lowest BCUT2D eigenvalue weighted by Gasteiger charge is -2.16. The summed E-state index contributed by atoms with van der Waals surface area (Å²) in [5.74, 6) is 0. The molecule has 0 aliphatic heterocycles. The lowest BCUT2D eigenvalue weighted by atomic mass is 9.37. The molecule has 3 aromatic carbocycles. The first-order chi connectivity index (χ1) is 10.6. The minimum Gasteiger partial charge on any atom is -0.0686 e. The number of halogens is 3. The van der Waals surface area contributed by atoms with Crippen molar-refractivity contribution in [2.45, 2.75) is 0 Å². The molecule has 3 rings (SSSR count). The zero-order valence-corrected chi connectivity index (χ0v) is 16.4. The van der Waals surface area contributed by atoms with Crippen LogP contribution in [0.1, 0.15) is 0 Å². The van der Waals surface area contributed by atoms with Crippen LogP contribution in [0.3, 0.4) is 0 Å². The summed E-state index contributed by atoms with van der Waals surface area (Å²) in [6.07, 6.45) is 0. The molecular weight excluding hydrogens is 467 g/mol. The highest BCUT2D eigenvalue weighted by molar-refractivity contribution is 9.11. The van der Waals surface area contributed by atoms with Crippen molar-refractivity contribution in [3.05, 3.63) is 86.2 Å². The summed E-state index contributed by atoms with van der Waals surface area (Å²) in [7, 11) is 0. The van der Waals surface area contributed by atoms with Gasteiger partial charge in [-0.1, -0.05) is 101 Å². The number of benzene rings is 3. The maximum atomic E-state index is 3.51. The summed E-state index contributed by atoms with van der Waals surface area (Å²) in [6, 6.07) is 25.7. The monoisotopic (exact) mass is 476 g/mol. The van der Waals surface area contributed by atoms with Crippen molar-refractivity contribution in [1.82, 2.24) is 0 Å². The van der Waals surface area contributed by atoms with E-state index in [1.807, 2.05) is 0 Å². The van der Waals surface area contributed by atoms with E-state index >= 15 is 0 Å². The molecule has 0 unspecified atom stereocenters. The fourth-order valence-electron chi connectivity index (χ4n) is 2.54. The molecule has 0 N–H and O–H groups in total. The van der Waals surface area contributed by atoms with Crippen LogP contribution >= 0.6 is 47.8 Å². The Hall–Kier alpha value is -0.835. The summed E-state index contributed by atoms with van der Waals surface area (Å²) >= 11 is 10.5. The average molecular weight is 479 g/mol. The first kappa shape index (κ1) is 16.0. The smallest absolute Gasteiger partial charge is 0.0686 e. The van der Waals surface area contributed by atoms with E-state index in [1.165, 1.54) is 16.4 Å². The van der Waals surface area contributed by atoms with E-state index in [2.05, 4.69) is 121 Å². The van der Waals surface area contributed by atoms with Gasteiger partial charge in [-0.2, -0.15) is 0 Å². The van der Waals surface area contributed by atoms with E-state index in [4.69, 9.17) is 0 Å². The Kier molecular flexibility index (Phi) is 5.22. The maximum Gasteiger partial charge on any atom is 0.241 e. The van der Waals surface area contributed by atoms with E-state index in [1.54, 1.807) is 0 Å². The lowest BCUT2D eigenvalue weighted by molar-refractivity contribution is 1.65. The van der Waals surface area contributed by atoms with Crippen LogP contribution in [0.25, 0.3) is 0 Å². The second kappa shape index (κ2) is 7.16. The van der Waals surface area contributed by atoms with Gasteiger partial charge in [-0.25, -0.2) is 0 Å². The van der Waals surface area contributed by atoms with Gasteiger partial charge in [0, 0.05) is 13.4 Å². The highest BCUT2D eigenvalue weighted by Crippen LogP contribution is 2.10. The molecule has 0 aromatic heterocycles. The molecular formula is C18H12BBr3. The molecule has 0 saturated heterocycles. The Bertz CT molecular complexity index is 642. The van der Waals surface area contributed by atoms with Crippen LogP contribution < -0.4 is 16.4 Å². The molecule has 0 heterocycles. The molecule has 0 aliphatic rings. The van der Waals surface area contributed by atoms with Crippen molar-refractivity contribution in [2.75, 3.05) is 0 Å². The lowest BCUT2D eigenvalue weighted by Crippen LogP contribution is -2.51. The quantitative estimate of drug-likeness (QED) is 0.487. The topological polar surface area (TPSA) is 0 Å². The Balaban J connectivity index is 2.10. The molecule has 0 atom stereocenters. The fourth-order valence-corrected chi connectivity index (χ4v) is 3.34. The van der Waals surface area contributed by atoms with Gasteiger partial charge >= 0.3 is 0 Å². The van der Waals surface area contributed by atoms with Crippen LogP contribution in [0.5, 0.6) is 0 Å². The SMILES string of the molecule is Brc1ccc(B(c2ccc(Br)cc2)c2ccc(Br)cc2)cc1.